The van der Waals surface area contributed by atoms with E-state index >= 15 is 0 Å². The Hall–Kier alpha value is -2.73. The van der Waals surface area contributed by atoms with Crippen LogP contribution >= 0.6 is 0 Å². The molecule has 0 N–H and O–H groups in total. The summed E-state index contributed by atoms with van der Waals surface area (Å²) in [6.07, 6.45) is 0.455. The van der Waals surface area contributed by atoms with Crippen LogP contribution in [0.25, 0.3) is 0 Å². The van der Waals surface area contributed by atoms with Crippen molar-refractivity contribution in [3.63, 3.8) is 0 Å². The molecule has 1 aromatic rings. The summed E-state index contributed by atoms with van der Waals surface area (Å²) in [5.74, 6) is 0.821. The highest BCUT2D eigenvalue weighted by molar-refractivity contribution is 5.95. The van der Waals surface area contributed by atoms with Crippen molar-refractivity contribution in [1.29, 1.82) is 10.5 Å². The summed E-state index contributed by atoms with van der Waals surface area (Å²) in [5, 5.41) is 17.4. The molecule has 6 nitrogen and oxygen atoms in total. The van der Waals surface area contributed by atoms with Crippen LogP contribution < -0.4 is 9.47 Å². The van der Waals surface area contributed by atoms with E-state index in [9.17, 15) is 4.79 Å². The van der Waals surface area contributed by atoms with E-state index in [2.05, 4.69) is 0 Å². The standard InChI is InChI=1S/C16H19N3O3/c1-3-22-14-7-6-13(12-15(14)21-2)16(20)19(10-4-8-17)11-5-9-18/h6-7,12H,3-5,10-11H2,1-2H3. The predicted octanol–water partition coefficient (Wildman–Crippen LogP) is 2.36. The molecule has 0 unspecified atom stereocenters. The van der Waals surface area contributed by atoms with E-state index in [4.69, 9.17) is 20.0 Å². The second-order valence-electron chi connectivity index (χ2n) is 4.41. The number of rotatable bonds is 8. The molecule has 22 heavy (non-hydrogen) atoms. The maximum Gasteiger partial charge on any atom is 0.254 e. The van der Waals surface area contributed by atoms with Crippen molar-refractivity contribution < 1.29 is 14.3 Å². The quantitative estimate of drug-likeness (QED) is 0.735. The van der Waals surface area contributed by atoms with Crippen LogP contribution in [0.4, 0.5) is 0 Å². The molecule has 0 saturated heterocycles. The molecule has 1 rings (SSSR count). The van der Waals surface area contributed by atoms with Crippen LogP contribution in [0.1, 0.15) is 30.1 Å². The summed E-state index contributed by atoms with van der Waals surface area (Å²) in [6, 6.07) is 8.96. The first kappa shape index (κ1) is 17.3. The second-order valence-corrected chi connectivity index (χ2v) is 4.41. The monoisotopic (exact) mass is 301 g/mol. The zero-order valence-corrected chi connectivity index (χ0v) is 12.8. The zero-order valence-electron chi connectivity index (χ0n) is 12.8. The molecule has 116 valence electrons. The number of carbonyl (C=O) groups is 1. The lowest BCUT2D eigenvalue weighted by Crippen LogP contribution is -2.32. The van der Waals surface area contributed by atoms with Crippen LogP contribution in [-0.4, -0.2) is 37.6 Å². The molecule has 0 spiro atoms. The minimum absolute atomic E-state index is 0.228. The molecule has 0 aliphatic carbocycles. The average molecular weight is 301 g/mol. The van der Waals surface area contributed by atoms with Gasteiger partial charge in [-0.15, -0.1) is 0 Å². The van der Waals surface area contributed by atoms with Gasteiger partial charge in [0.1, 0.15) is 0 Å². The molecule has 0 heterocycles. The molecule has 1 amide bonds. The van der Waals surface area contributed by atoms with Crippen LogP contribution in [0.5, 0.6) is 11.5 Å². The number of amides is 1. The summed E-state index contributed by atoms with van der Waals surface area (Å²) in [7, 11) is 1.51. The summed E-state index contributed by atoms with van der Waals surface area (Å²) >= 11 is 0. The largest absolute Gasteiger partial charge is 0.493 e. The van der Waals surface area contributed by atoms with E-state index in [0.29, 0.717) is 36.8 Å². The number of nitriles is 2. The minimum atomic E-state index is -0.230. The number of nitrogens with zero attached hydrogens (tertiary/aromatic N) is 3. The van der Waals surface area contributed by atoms with Gasteiger partial charge in [0.05, 0.1) is 38.7 Å². The van der Waals surface area contributed by atoms with Crippen LogP contribution in [0.2, 0.25) is 0 Å². The molecule has 0 radical (unpaired) electrons. The molecule has 0 atom stereocenters. The molecular formula is C16H19N3O3. The summed E-state index contributed by atoms with van der Waals surface area (Å²) in [5.41, 5.74) is 0.441. The van der Waals surface area contributed by atoms with Crippen molar-refractivity contribution in [3.05, 3.63) is 23.8 Å². The molecule has 0 aromatic heterocycles. The van der Waals surface area contributed by atoms with E-state index in [1.54, 1.807) is 18.2 Å². The Morgan fingerprint density at radius 3 is 2.32 bits per heavy atom. The number of carbonyl (C=O) groups excluding carboxylic acids is 1. The molecule has 0 bridgehead atoms. The molecule has 0 fully saturated rings. The summed E-state index contributed by atoms with van der Waals surface area (Å²) in [4.78, 5) is 14.0. The number of methoxy groups -OCH3 is 1. The van der Waals surface area contributed by atoms with Gasteiger partial charge in [-0.1, -0.05) is 0 Å². The Labute approximate surface area is 130 Å². The Morgan fingerprint density at radius 1 is 1.18 bits per heavy atom. The van der Waals surface area contributed by atoms with E-state index in [1.165, 1.54) is 12.0 Å². The Bertz CT molecular complexity index is 569. The maximum atomic E-state index is 12.5. The highest BCUT2D eigenvalue weighted by atomic mass is 16.5. The fraction of sp³-hybridized carbons (Fsp3) is 0.438. The van der Waals surface area contributed by atoms with Crippen molar-refractivity contribution >= 4 is 5.91 Å². The second kappa shape index (κ2) is 9.25. The van der Waals surface area contributed by atoms with Gasteiger partial charge in [0.25, 0.3) is 5.91 Å². The van der Waals surface area contributed by atoms with Gasteiger partial charge in [-0.25, -0.2) is 0 Å². The first-order valence-corrected chi connectivity index (χ1v) is 7.01. The summed E-state index contributed by atoms with van der Waals surface area (Å²) < 4.78 is 10.6. The molecular weight excluding hydrogens is 282 g/mol. The molecule has 0 saturated carbocycles. The fourth-order valence-electron chi connectivity index (χ4n) is 1.94. The van der Waals surface area contributed by atoms with Crippen molar-refractivity contribution in [2.24, 2.45) is 0 Å². The highest BCUT2D eigenvalue weighted by Crippen LogP contribution is 2.28. The molecule has 1 aromatic carbocycles. The number of ether oxygens (including phenoxy) is 2. The lowest BCUT2D eigenvalue weighted by Gasteiger charge is -2.21. The first-order valence-electron chi connectivity index (χ1n) is 7.01. The average Bonchev–Trinajstić information content (AvgIpc) is 2.55. The smallest absolute Gasteiger partial charge is 0.254 e. The zero-order chi connectivity index (χ0) is 16.4. The van der Waals surface area contributed by atoms with Crippen molar-refractivity contribution in [3.8, 4) is 23.6 Å². The van der Waals surface area contributed by atoms with Crippen molar-refractivity contribution in [1.82, 2.24) is 4.90 Å². The van der Waals surface area contributed by atoms with E-state index in [1.807, 2.05) is 19.1 Å². The van der Waals surface area contributed by atoms with Crippen LogP contribution in [0, 0.1) is 22.7 Å². The SMILES string of the molecule is CCOc1ccc(C(=O)N(CCC#N)CCC#N)cc1OC. The normalized spacial score (nSPS) is 9.45. The third-order valence-corrected chi connectivity index (χ3v) is 2.98. The van der Waals surface area contributed by atoms with E-state index in [0.717, 1.165) is 0 Å². The van der Waals surface area contributed by atoms with E-state index in [-0.39, 0.29) is 18.7 Å². The molecule has 0 aliphatic rings. The maximum absolute atomic E-state index is 12.5. The van der Waals surface area contributed by atoms with Gasteiger partial charge in [0.15, 0.2) is 11.5 Å². The Kier molecular flexibility index (Phi) is 7.28. The van der Waals surface area contributed by atoms with Crippen LogP contribution in [-0.2, 0) is 0 Å². The van der Waals surface area contributed by atoms with Crippen molar-refractivity contribution in [2.75, 3.05) is 26.8 Å². The molecule has 0 aliphatic heterocycles. The first-order chi connectivity index (χ1) is 10.7. The van der Waals surface area contributed by atoms with Gasteiger partial charge in [0, 0.05) is 18.7 Å². The lowest BCUT2D eigenvalue weighted by atomic mass is 10.1. The van der Waals surface area contributed by atoms with Crippen molar-refractivity contribution in [2.45, 2.75) is 19.8 Å². The molecule has 6 heteroatoms. The number of hydrogen-bond acceptors (Lipinski definition) is 5. The Balaban J connectivity index is 2.97. The minimum Gasteiger partial charge on any atom is -0.493 e. The third-order valence-electron chi connectivity index (χ3n) is 2.98. The predicted molar refractivity (Wildman–Crippen MR) is 80.5 cm³/mol. The van der Waals surface area contributed by atoms with Gasteiger partial charge < -0.3 is 14.4 Å². The highest BCUT2D eigenvalue weighted by Gasteiger charge is 2.17. The van der Waals surface area contributed by atoms with E-state index < -0.39 is 0 Å². The van der Waals surface area contributed by atoms with Crippen LogP contribution in [0.15, 0.2) is 18.2 Å². The van der Waals surface area contributed by atoms with Crippen LogP contribution in [0.3, 0.4) is 0 Å². The Morgan fingerprint density at radius 2 is 1.82 bits per heavy atom. The number of hydrogen-bond donors (Lipinski definition) is 0. The van der Waals surface area contributed by atoms with Gasteiger partial charge in [-0.3, -0.25) is 4.79 Å². The van der Waals surface area contributed by atoms with Gasteiger partial charge in [-0.2, -0.15) is 10.5 Å². The summed E-state index contributed by atoms with van der Waals surface area (Å²) in [6.45, 7) is 2.96. The topological polar surface area (TPSA) is 86.4 Å². The third kappa shape index (κ3) is 4.68. The van der Waals surface area contributed by atoms with Gasteiger partial charge in [0.2, 0.25) is 0 Å². The lowest BCUT2D eigenvalue weighted by molar-refractivity contribution is 0.0762. The van der Waals surface area contributed by atoms with Gasteiger partial charge in [-0.05, 0) is 25.1 Å². The fourth-order valence-corrected chi connectivity index (χ4v) is 1.94. The van der Waals surface area contributed by atoms with Gasteiger partial charge >= 0.3 is 0 Å². The number of benzene rings is 1.